The average molecular weight is 690 g/mol. The molecule has 7 nitrogen and oxygen atoms in total. The number of para-hydroxylation sites is 1. The molecule has 3 aliphatic rings. The number of unbranched alkanes of at least 4 members (excludes halogenated alkanes) is 5. The lowest BCUT2D eigenvalue weighted by atomic mass is 9.90. The van der Waals surface area contributed by atoms with Gasteiger partial charge in [-0.1, -0.05) is 62.1 Å². The van der Waals surface area contributed by atoms with E-state index in [-0.39, 0.29) is 18.1 Å². The first-order valence-electron chi connectivity index (χ1n) is 18.3. The van der Waals surface area contributed by atoms with Crippen LogP contribution in [0.15, 0.2) is 113 Å². The van der Waals surface area contributed by atoms with E-state index < -0.39 is 0 Å². The number of rotatable bonds is 15. The highest BCUT2D eigenvalue weighted by Crippen LogP contribution is 2.44. The van der Waals surface area contributed by atoms with Crippen molar-refractivity contribution in [2.45, 2.75) is 81.8 Å². The number of hydrogen-bond acceptors (Lipinski definition) is 8. The van der Waals surface area contributed by atoms with Gasteiger partial charge in [0.1, 0.15) is 0 Å². The molecule has 0 fully saturated rings. The smallest absolute Gasteiger partial charge is 0.0783 e. The summed E-state index contributed by atoms with van der Waals surface area (Å²) in [5, 5.41) is 14.8. The number of benzene rings is 3. The summed E-state index contributed by atoms with van der Waals surface area (Å²) < 4.78 is 0. The normalized spacial score (nSPS) is 19.3. The molecule has 8 heteroatoms. The van der Waals surface area contributed by atoms with E-state index in [1.807, 2.05) is 14.1 Å². The molecule has 0 bridgehead atoms. The van der Waals surface area contributed by atoms with Crippen molar-refractivity contribution in [1.29, 1.82) is 0 Å². The highest BCUT2D eigenvalue weighted by atomic mass is 32.1. The summed E-state index contributed by atoms with van der Waals surface area (Å²) in [7, 11) is 4.10. The summed E-state index contributed by atoms with van der Waals surface area (Å²) in [6, 6.07) is 22.2. The van der Waals surface area contributed by atoms with Gasteiger partial charge in [-0.25, -0.2) is 0 Å². The van der Waals surface area contributed by atoms with Gasteiger partial charge in [-0.3, -0.25) is 0 Å². The second kappa shape index (κ2) is 16.5. The van der Waals surface area contributed by atoms with Crippen molar-refractivity contribution in [3.8, 4) is 0 Å². The number of fused-ring (bicyclic) bond motifs is 2. The van der Waals surface area contributed by atoms with E-state index in [2.05, 4.69) is 149 Å². The molecule has 3 unspecified atom stereocenters. The Balaban J connectivity index is 0.895. The van der Waals surface area contributed by atoms with E-state index in [0.717, 1.165) is 52.7 Å². The largest absolute Gasteiger partial charge is 0.399 e. The Morgan fingerprint density at radius 2 is 1.62 bits per heavy atom. The van der Waals surface area contributed by atoms with E-state index in [1.54, 1.807) is 0 Å². The third-order valence-corrected chi connectivity index (χ3v) is 10.4. The number of allylic oxidation sites excluding steroid dienone is 2. The van der Waals surface area contributed by atoms with Crippen LogP contribution < -0.4 is 36.8 Å². The molecule has 0 amide bonds. The number of anilines is 6. The van der Waals surface area contributed by atoms with Crippen molar-refractivity contribution >= 4 is 46.8 Å². The van der Waals surface area contributed by atoms with E-state index >= 15 is 0 Å². The van der Waals surface area contributed by atoms with Crippen LogP contribution in [0.4, 0.5) is 34.1 Å². The van der Waals surface area contributed by atoms with Crippen LogP contribution in [0.5, 0.6) is 0 Å². The maximum absolute atomic E-state index is 6.42. The van der Waals surface area contributed by atoms with Crippen LogP contribution in [-0.4, -0.2) is 45.3 Å². The Morgan fingerprint density at radius 1 is 0.880 bits per heavy atom. The predicted molar refractivity (Wildman–Crippen MR) is 218 cm³/mol. The Morgan fingerprint density at radius 3 is 2.32 bits per heavy atom. The van der Waals surface area contributed by atoms with Gasteiger partial charge in [0.2, 0.25) is 0 Å². The molecule has 0 saturated carbocycles. The van der Waals surface area contributed by atoms with E-state index in [9.17, 15) is 0 Å². The molecule has 1 heterocycles. The zero-order valence-corrected chi connectivity index (χ0v) is 31.1. The second-order valence-corrected chi connectivity index (χ2v) is 14.6. The van der Waals surface area contributed by atoms with Crippen LogP contribution in [0.3, 0.4) is 0 Å². The molecule has 6 rings (SSSR count). The van der Waals surface area contributed by atoms with Crippen LogP contribution in [0, 0.1) is 6.92 Å². The van der Waals surface area contributed by atoms with Crippen molar-refractivity contribution in [3.63, 3.8) is 0 Å². The molecule has 1 aliphatic heterocycles. The molecule has 50 heavy (non-hydrogen) atoms. The zero-order valence-electron chi connectivity index (χ0n) is 30.2. The first-order valence-corrected chi connectivity index (χ1v) is 18.8. The van der Waals surface area contributed by atoms with Crippen LogP contribution >= 0.6 is 12.6 Å². The van der Waals surface area contributed by atoms with Gasteiger partial charge in [0.25, 0.3) is 0 Å². The Kier molecular flexibility index (Phi) is 11.7. The van der Waals surface area contributed by atoms with Gasteiger partial charge in [-0.05, 0) is 98.9 Å². The topological polar surface area (TPSA) is 80.6 Å². The summed E-state index contributed by atoms with van der Waals surface area (Å²) in [6.07, 6.45) is 19.6. The molecule has 3 aromatic carbocycles. The fourth-order valence-corrected chi connectivity index (χ4v) is 7.35. The third-order valence-electron chi connectivity index (χ3n) is 10.0. The maximum atomic E-state index is 6.42. The maximum Gasteiger partial charge on any atom is 0.0783 e. The molecule has 0 spiro atoms. The molecular weight excluding hydrogens is 635 g/mol. The number of hydrogen-bond donors (Lipinski definition) is 6. The highest BCUT2D eigenvalue weighted by Gasteiger charge is 2.35. The van der Waals surface area contributed by atoms with Crippen molar-refractivity contribution in [1.82, 2.24) is 5.32 Å². The Labute approximate surface area is 305 Å². The molecule has 0 aromatic heterocycles. The quantitative estimate of drug-likeness (QED) is 0.0702. The lowest BCUT2D eigenvalue weighted by Crippen LogP contribution is -2.48. The molecule has 264 valence electrons. The van der Waals surface area contributed by atoms with Gasteiger partial charge in [0.05, 0.1) is 23.5 Å². The number of nitrogens with one attached hydrogen (secondary N) is 4. The van der Waals surface area contributed by atoms with Gasteiger partial charge in [0, 0.05) is 72.3 Å². The minimum absolute atomic E-state index is 0.115. The molecule has 2 aliphatic carbocycles. The predicted octanol–water partition coefficient (Wildman–Crippen LogP) is 9.12. The molecule has 6 N–H and O–H groups in total. The van der Waals surface area contributed by atoms with Gasteiger partial charge in [-0.2, -0.15) is 0 Å². The van der Waals surface area contributed by atoms with Crippen molar-refractivity contribution in [2.75, 3.05) is 52.9 Å². The summed E-state index contributed by atoms with van der Waals surface area (Å²) in [4.78, 5) is 5.50. The fourth-order valence-electron chi connectivity index (χ4n) is 7.08. The standard InChI is InChI=1S/C42H55N7S/c1-29-24-38-40(27-35(29)43)49(33-14-10-9-11-15-33)41-28-37(30(2)25-39(41)47-38)45-23-13-8-6-5-7-12-22-44-31-16-18-32(19-17-31)46-36-21-20-34(48(3)4)26-42(36)50/h9-11,14-18,20-21,24-28,32,38,40,44-47,50H,5-8,12-13,19,22-23,43H2,1-4H3. The zero-order chi connectivity index (χ0) is 35.0. The summed E-state index contributed by atoms with van der Waals surface area (Å²) in [5.74, 6) is 0. The molecule has 3 aromatic rings. The van der Waals surface area contributed by atoms with Crippen molar-refractivity contribution in [2.24, 2.45) is 5.73 Å². The fraction of sp³-hybridized carbons (Fsp3) is 0.381. The number of nitrogens with two attached hydrogens (primary N) is 1. The first kappa shape index (κ1) is 35.4. The number of aryl methyl sites for hydroxylation is 1. The first-order chi connectivity index (χ1) is 24.3. The number of nitrogens with zero attached hydrogens (tertiary/aromatic N) is 2. The average Bonchev–Trinajstić information content (AvgIpc) is 3.11. The lowest BCUT2D eigenvalue weighted by molar-refractivity contribution is 0.589. The van der Waals surface area contributed by atoms with Crippen LogP contribution in [-0.2, 0) is 0 Å². The van der Waals surface area contributed by atoms with E-state index in [4.69, 9.17) is 5.73 Å². The molecular formula is C42H55N7S. The highest BCUT2D eigenvalue weighted by molar-refractivity contribution is 7.80. The van der Waals surface area contributed by atoms with Gasteiger partial charge < -0.3 is 36.8 Å². The summed E-state index contributed by atoms with van der Waals surface area (Å²) in [5.41, 5.74) is 17.9. The van der Waals surface area contributed by atoms with Crippen LogP contribution in [0.1, 0.15) is 57.4 Å². The molecule has 0 saturated heterocycles. The monoisotopic (exact) mass is 689 g/mol. The van der Waals surface area contributed by atoms with Crippen LogP contribution in [0.2, 0.25) is 0 Å². The van der Waals surface area contributed by atoms with Gasteiger partial charge in [-0.15, -0.1) is 12.6 Å². The second-order valence-electron chi connectivity index (χ2n) is 14.1. The van der Waals surface area contributed by atoms with Gasteiger partial charge >= 0.3 is 0 Å². The van der Waals surface area contributed by atoms with Crippen molar-refractivity contribution in [3.05, 3.63) is 114 Å². The minimum atomic E-state index is 0.115. The van der Waals surface area contributed by atoms with Crippen molar-refractivity contribution < 1.29 is 0 Å². The van der Waals surface area contributed by atoms with Gasteiger partial charge in [0.15, 0.2) is 0 Å². The SMILES string of the molecule is CC1=CC2Nc3cc(C)c(NCCCCCCCCNC4=CCC(Nc5ccc(N(C)C)cc5S)C=C4)cc3N(c3ccccc3)C2C=C1N. The summed E-state index contributed by atoms with van der Waals surface area (Å²) >= 11 is 4.69. The molecule has 3 atom stereocenters. The summed E-state index contributed by atoms with van der Waals surface area (Å²) in [6.45, 7) is 6.30. The molecule has 0 radical (unpaired) electrons. The third kappa shape index (κ3) is 8.64. The van der Waals surface area contributed by atoms with E-state index in [0.29, 0.717) is 0 Å². The van der Waals surface area contributed by atoms with E-state index in [1.165, 1.54) is 66.8 Å². The lowest BCUT2D eigenvalue weighted by Gasteiger charge is -2.44. The Hall–Kier alpha value is -4.43. The van der Waals surface area contributed by atoms with Crippen LogP contribution in [0.25, 0.3) is 0 Å². The number of thiol groups is 1. The minimum Gasteiger partial charge on any atom is -0.399 e. The Bertz CT molecular complexity index is 1740.